The number of amides is 1. The first-order chi connectivity index (χ1) is 7.30. The minimum atomic E-state index is -3.49. The molecule has 0 aromatic carbocycles. The number of nitrogens with zero attached hydrogens (tertiary/aromatic N) is 3. The second-order valence-corrected chi connectivity index (χ2v) is 5.73. The maximum atomic E-state index is 11.5. The van der Waals surface area contributed by atoms with Crippen molar-refractivity contribution in [2.45, 2.75) is 13.1 Å². The van der Waals surface area contributed by atoms with E-state index in [2.05, 4.69) is 5.10 Å². The summed E-state index contributed by atoms with van der Waals surface area (Å²) in [7, 11) is -1.66. The van der Waals surface area contributed by atoms with Crippen molar-refractivity contribution in [3.8, 4) is 0 Å². The molecule has 0 saturated carbocycles. The van der Waals surface area contributed by atoms with Gasteiger partial charge in [-0.25, -0.2) is 8.42 Å². The van der Waals surface area contributed by atoms with E-state index in [-0.39, 0.29) is 5.69 Å². The van der Waals surface area contributed by atoms with E-state index in [0.717, 1.165) is 10.3 Å². The first-order valence-electron chi connectivity index (χ1n) is 4.60. The standard InChI is InChI=1S/C8H12N4O3S/c1-11-3-5-6(4-11)12(16(2,14)15)10-7(5)8(9)13/h3-4H2,1-2H3,(H2,9,13). The summed E-state index contributed by atoms with van der Waals surface area (Å²) >= 11 is 0. The van der Waals surface area contributed by atoms with E-state index in [1.54, 1.807) is 0 Å². The second kappa shape index (κ2) is 3.29. The van der Waals surface area contributed by atoms with Gasteiger partial charge in [0, 0.05) is 18.7 Å². The third kappa shape index (κ3) is 1.59. The van der Waals surface area contributed by atoms with Crippen molar-refractivity contribution in [2.75, 3.05) is 13.3 Å². The van der Waals surface area contributed by atoms with E-state index in [4.69, 9.17) is 5.73 Å². The highest BCUT2D eigenvalue weighted by atomic mass is 32.2. The summed E-state index contributed by atoms with van der Waals surface area (Å²) in [6.07, 6.45) is 1.05. The van der Waals surface area contributed by atoms with Crippen LogP contribution in [0, 0.1) is 0 Å². The predicted octanol–water partition coefficient (Wildman–Crippen LogP) is -1.26. The van der Waals surface area contributed by atoms with Crippen LogP contribution in [0.3, 0.4) is 0 Å². The lowest BCUT2D eigenvalue weighted by atomic mass is 10.2. The summed E-state index contributed by atoms with van der Waals surface area (Å²) in [4.78, 5) is 13.0. The molecule has 0 atom stereocenters. The number of carbonyl (C=O) groups is 1. The molecule has 0 spiro atoms. The fourth-order valence-corrected chi connectivity index (χ4v) is 2.64. The molecule has 0 fully saturated rings. The molecule has 1 amide bonds. The fourth-order valence-electron chi connectivity index (χ4n) is 1.84. The van der Waals surface area contributed by atoms with Gasteiger partial charge >= 0.3 is 0 Å². The molecular weight excluding hydrogens is 232 g/mol. The van der Waals surface area contributed by atoms with Gasteiger partial charge in [0.05, 0.1) is 11.9 Å². The average Bonchev–Trinajstić information content (AvgIpc) is 2.57. The van der Waals surface area contributed by atoms with Crippen molar-refractivity contribution in [1.29, 1.82) is 0 Å². The zero-order chi connectivity index (χ0) is 12.1. The fraction of sp³-hybridized carbons (Fsp3) is 0.500. The average molecular weight is 244 g/mol. The lowest BCUT2D eigenvalue weighted by molar-refractivity contribution is 0.0994. The number of aromatic nitrogens is 2. The van der Waals surface area contributed by atoms with Gasteiger partial charge in [-0.2, -0.15) is 9.19 Å². The molecule has 1 aromatic heterocycles. The highest BCUT2D eigenvalue weighted by Crippen LogP contribution is 2.25. The molecule has 8 heteroatoms. The summed E-state index contributed by atoms with van der Waals surface area (Å²) in [5, 5.41) is 3.76. The van der Waals surface area contributed by atoms with E-state index >= 15 is 0 Å². The molecule has 0 radical (unpaired) electrons. The Morgan fingerprint density at radius 1 is 1.44 bits per heavy atom. The second-order valence-electron chi connectivity index (χ2n) is 3.92. The number of hydrogen-bond donors (Lipinski definition) is 1. The van der Waals surface area contributed by atoms with Crippen LogP contribution in [0.25, 0.3) is 0 Å². The molecule has 1 aliphatic heterocycles. The number of rotatable bonds is 2. The van der Waals surface area contributed by atoms with Crippen LogP contribution in [0.15, 0.2) is 0 Å². The molecule has 16 heavy (non-hydrogen) atoms. The lowest BCUT2D eigenvalue weighted by Crippen LogP contribution is -2.20. The maximum absolute atomic E-state index is 11.5. The van der Waals surface area contributed by atoms with Crippen molar-refractivity contribution in [3.63, 3.8) is 0 Å². The number of fused-ring (bicyclic) bond motifs is 1. The number of hydrogen-bond acceptors (Lipinski definition) is 5. The van der Waals surface area contributed by atoms with Crippen LogP contribution in [0.5, 0.6) is 0 Å². The maximum Gasteiger partial charge on any atom is 0.269 e. The van der Waals surface area contributed by atoms with Gasteiger partial charge in [-0.1, -0.05) is 0 Å². The Morgan fingerprint density at radius 2 is 2.06 bits per heavy atom. The van der Waals surface area contributed by atoms with Crippen LogP contribution in [-0.4, -0.2) is 41.7 Å². The lowest BCUT2D eigenvalue weighted by Gasteiger charge is -2.07. The minimum absolute atomic E-state index is 0.0461. The minimum Gasteiger partial charge on any atom is -0.364 e. The van der Waals surface area contributed by atoms with E-state index in [1.165, 1.54) is 0 Å². The third-order valence-corrected chi connectivity index (χ3v) is 3.38. The Labute approximate surface area is 92.9 Å². The van der Waals surface area contributed by atoms with E-state index in [9.17, 15) is 13.2 Å². The summed E-state index contributed by atoms with van der Waals surface area (Å²) in [6.45, 7) is 0.936. The molecule has 0 bridgehead atoms. The monoisotopic (exact) mass is 244 g/mol. The summed E-state index contributed by atoms with van der Waals surface area (Å²) in [6, 6.07) is 0. The van der Waals surface area contributed by atoms with Crippen LogP contribution in [0.1, 0.15) is 21.7 Å². The van der Waals surface area contributed by atoms with Gasteiger partial charge in [-0.05, 0) is 7.05 Å². The van der Waals surface area contributed by atoms with Crippen molar-refractivity contribution in [2.24, 2.45) is 5.73 Å². The Morgan fingerprint density at radius 3 is 2.56 bits per heavy atom. The predicted molar refractivity (Wildman–Crippen MR) is 56.2 cm³/mol. The van der Waals surface area contributed by atoms with Crippen molar-refractivity contribution in [3.05, 3.63) is 17.0 Å². The van der Waals surface area contributed by atoms with Gasteiger partial charge in [0.2, 0.25) is 0 Å². The van der Waals surface area contributed by atoms with E-state index < -0.39 is 15.9 Å². The molecule has 0 saturated heterocycles. The van der Waals surface area contributed by atoms with Gasteiger partial charge in [0.1, 0.15) is 0 Å². The van der Waals surface area contributed by atoms with Gasteiger partial charge in [-0.3, -0.25) is 9.69 Å². The van der Waals surface area contributed by atoms with Gasteiger partial charge < -0.3 is 5.73 Å². The van der Waals surface area contributed by atoms with Gasteiger partial charge in [0.25, 0.3) is 15.9 Å². The molecule has 1 aromatic rings. The van der Waals surface area contributed by atoms with Crippen LogP contribution in [0.4, 0.5) is 0 Å². The highest BCUT2D eigenvalue weighted by molar-refractivity contribution is 7.89. The van der Waals surface area contributed by atoms with Gasteiger partial charge in [-0.15, -0.1) is 0 Å². The van der Waals surface area contributed by atoms with Crippen molar-refractivity contribution in [1.82, 2.24) is 14.1 Å². The zero-order valence-electron chi connectivity index (χ0n) is 8.97. The third-order valence-electron chi connectivity index (χ3n) is 2.45. The summed E-state index contributed by atoms with van der Waals surface area (Å²) in [5.74, 6) is -0.700. The van der Waals surface area contributed by atoms with E-state index in [0.29, 0.717) is 24.3 Å². The van der Waals surface area contributed by atoms with Crippen LogP contribution in [-0.2, 0) is 23.1 Å². The molecule has 1 aliphatic rings. The SMILES string of the molecule is CN1Cc2c(C(N)=O)nn(S(C)(=O)=O)c2C1. The number of primary amides is 1. The van der Waals surface area contributed by atoms with Gasteiger partial charge in [0.15, 0.2) is 5.69 Å². The van der Waals surface area contributed by atoms with Crippen LogP contribution in [0.2, 0.25) is 0 Å². The molecule has 2 N–H and O–H groups in total. The summed E-state index contributed by atoms with van der Waals surface area (Å²) < 4.78 is 23.8. The molecule has 0 unspecified atom stereocenters. The molecule has 0 aliphatic carbocycles. The number of nitrogens with two attached hydrogens (primary N) is 1. The Kier molecular flexibility index (Phi) is 2.28. The Bertz CT molecular complexity index is 560. The van der Waals surface area contributed by atoms with E-state index in [1.807, 2.05) is 11.9 Å². The summed E-state index contributed by atoms with van der Waals surface area (Å²) in [5.41, 5.74) is 6.35. The molecule has 2 heterocycles. The Balaban J connectivity index is 2.68. The first kappa shape index (κ1) is 11.1. The van der Waals surface area contributed by atoms with Crippen molar-refractivity contribution < 1.29 is 13.2 Å². The molecule has 7 nitrogen and oxygen atoms in total. The largest absolute Gasteiger partial charge is 0.364 e. The number of carbonyl (C=O) groups excluding carboxylic acids is 1. The molecule has 88 valence electrons. The topological polar surface area (TPSA) is 98.3 Å². The smallest absolute Gasteiger partial charge is 0.269 e. The Hall–Kier alpha value is -1.41. The highest BCUT2D eigenvalue weighted by Gasteiger charge is 2.30. The first-order valence-corrected chi connectivity index (χ1v) is 6.45. The zero-order valence-corrected chi connectivity index (χ0v) is 9.78. The molecule has 2 rings (SSSR count). The van der Waals surface area contributed by atoms with Crippen LogP contribution >= 0.6 is 0 Å². The molecular formula is C8H12N4O3S. The normalized spacial score (nSPS) is 16.4. The van der Waals surface area contributed by atoms with Crippen LogP contribution < -0.4 is 5.73 Å². The van der Waals surface area contributed by atoms with Crippen molar-refractivity contribution >= 4 is 15.9 Å². The quantitative estimate of drug-likeness (QED) is 0.699.